The van der Waals surface area contributed by atoms with E-state index in [-0.39, 0.29) is 30.4 Å². The summed E-state index contributed by atoms with van der Waals surface area (Å²) in [6.07, 6.45) is 0.0237. The summed E-state index contributed by atoms with van der Waals surface area (Å²) in [5.41, 5.74) is 6.52. The molecule has 244 valence electrons. The van der Waals surface area contributed by atoms with E-state index < -0.39 is 28.1 Å². The molecule has 0 bridgehead atoms. The van der Waals surface area contributed by atoms with Crippen molar-refractivity contribution in [3.63, 3.8) is 0 Å². The second-order valence-corrected chi connectivity index (χ2v) is 13.1. The number of nitrogens with zero attached hydrogens (tertiary/aromatic N) is 3. The number of carboxylic acid groups (broad SMARTS) is 1. The van der Waals surface area contributed by atoms with Gasteiger partial charge in [0.1, 0.15) is 12.6 Å². The van der Waals surface area contributed by atoms with Gasteiger partial charge >= 0.3 is 12.1 Å². The van der Waals surface area contributed by atoms with Gasteiger partial charge in [0.2, 0.25) is 10.0 Å². The van der Waals surface area contributed by atoms with Gasteiger partial charge in [0.25, 0.3) is 0 Å². The number of alkyl carbamates (subject to hydrolysis) is 1. The average Bonchev–Trinajstić information content (AvgIpc) is 3.39. The van der Waals surface area contributed by atoms with E-state index in [2.05, 4.69) is 20.3 Å². The molecule has 5 rings (SSSR count). The lowest BCUT2D eigenvalue weighted by atomic mass is 9.98. The number of azo groups is 1. The van der Waals surface area contributed by atoms with Crippen LogP contribution in [0.4, 0.5) is 21.9 Å². The molecule has 0 saturated carbocycles. The molecule has 0 aromatic heterocycles. The Morgan fingerprint density at radius 3 is 1.94 bits per heavy atom. The maximum absolute atomic E-state index is 12.8. The van der Waals surface area contributed by atoms with Crippen molar-refractivity contribution in [1.82, 2.24) is 10.0 Å². The summed E-state index contributed by atoms with van der Waals surface area (Å²) in [4.78, 5) is 26.5. The summed E-state index contributed by atoms with van der Waals surface area (Å²) >= 11 is 0. The first-order valence-corrected chi connectivity index (χ1v) is 16.7. The highest BCUT2D eigenvalue weighted by Gasteiger charge is 2.29. The summed E-state index contributed by atoms with van der Waals surface area (Å²) < 4.78 is 33.5. The van der Waals surface area contributed by atoms with Crippen LogP contribution in [0.5, 0.6) is 0 Å². The average molecular weight is 656 g/mol. The van der Waals surface area contributed by atoms with E-state index in [4.69, 9.17) is 4.74 Å². The van der Waals surface area contributed by atoms with Gasteiger partial charge in [0.05, 0.1) is 16.3 Å². The third-order valence-corrected chi connectivity index (χ3v) is 9.42. The number of carboxylic acids is 1. The van der Waals surface area contributed by atoms with Crippen molar-refractivity contribution < 1.29 is 27.9 Å². The fourth-order valence-electron chi connectivity index (χ4n) is 5.43. The number of hydrogen-bond acceptors (Lipinski definition) is 8. The Morgan fingerprint density at radius 1 is 0.830 bits per heavy atom. The van der Waals surface area contributed by atoms with Gasteiger partial charge in [0.15, 0.2) is 0 Å². The van der Waals surface area contributed by atoms with Crippen LogP contribution in [0.25, 0.3) is 11.1 Å². The number of amides is 1. The molecular weight excluding hydrogens is 618 g/mol. The Morgan fingerprint density at radius 2 is 1.38 bits per heavy atom. The van der Waals surface area contributed by atoms with Crippen molar-refractivity contribution in [2.75, 3.05) is 32.1 Å². The number of benzene rings is 4. The molecule has 0 saturated heterocycles. The van der Waals surface area contributed by atoms with Crippen LogP contribution in [0.1, 0.15) is 36.3 Å². The van der Waals surface area contributed by atoms with Crippen molar-refractivity contribution in [2.45, 2.75) is 36.1 Å². The van der Waals surface area contributed by atoms with Crippen LogP contribution in [-0.4, -0.2) is 58.9 Å². The quantitative estimate of drug-likeness (QED) is 0.102. The van der Waals surface area contributed by atoms with Crippen molar-refractivity contribution in [1.29, 1.82) is 0 Å². The lowest BCUT2D eigenvalue weighted by molar-refractivity contribution is -0.139. The molecule has 4 aromatic rings. The summed E-state index contributed by atoms with van der Waals surface area (Å²) in [6, 6.07) is 28.3. The predicted molar refractivity (Wildman–Crippen MR) is 180 cm³/mol. The molecule has 1 aliphatic rings. The number of unbranched alkanes of at least 4 members (excludes halogenated alkanes) is 1. The molecule has 1 atom stereocenters. The minimum absolute atomic E-state index is 0.0721. The molecule has 0 heterocycles. The summed E-state index contributed by atoms with van der Waals surface area (Å²) in [6.45, 7) is 0.173. The number of hydrogen-bond donors (Lipinski definition) is 3. The van der Waals surface area contributed by atoms with E-state index in [1.54, 1.807) is 12.1 Å². The van der Waals surface area contributed by atoms with Gasteiger partial charge in [-0.1, -0.05) is 48.5 Å². The number of nitrogens with one attached hydrogen (secondary N) is 2. The van der Waals surface area contributed by atoms with Gasteiger partial charge in [0, 0.05) is 32.2 Å². The lowest BCUT2D eigenvalue weighted by Crippen LogP contribution is -2.41. The molecule has 3 N–H and O–H groups in total. The molecule has 4 aromatic carbocycles. The summed E-state index contributed by atoms with van der Waals surface area (Å²) in [5.74, 6) is -1.34. The van der Waals surface area contributed by atoms with Crippen LogP contribution < -0.4 is 14.9 Å². The Kier molecular flexibility index (Phi) is 10.6. The topological polar surface area (TPSA) is 150 Å². The highest BCUT2D eigenvalue weighted by Crippen LogP contribution is 2.44. The van der Waals surface area contributed by atoms with Crippen LogP contribution in [0.15, 0.2) is 112 Å². The number of rotatable bonds is 14. The smallest absolute Gasteiger partial charge is 0.407 e. The highest BCUT2D eigenvalue weighted by atomic mass is 32.2. The molecule has 0 unspecified atom stereocenters. The second kappa shape index (κ2) is 15.0. The molecule has 0 fully saturated rings. The monoisotopic (exact) mass is 655 g/mol. The number of carbonyl (C=O) groups excluding carboxylic acids is 1. The normalized spacial score (nSPS) is 13.1. The van der Waals surface area contributed by atoms with Crippen LogP contribution in [0.2, 0.25) is 0 Å². The van der Waals surface area contributed by atoms with E-state index >= 15 is 0 Å². The van der Waals surface area contributed by atoms with Crippen molar-refractivity contribution in [3.05, 3.63) is 108 Å². The Bertz CT molecular complexity index is 1800. The van der Waals surface area contributed by atoms with E-state index in [9.17, 15) is 23.1 Å². The van der Waals surface area contributed by atoms with E-state index in [0.717, 1.165) is 27.9 Å². The standard InChI is InChI=1S/C35H37N5O6S/c1-40(2)26-18-14-24(15-19-26)38-39-25-16-20-27(21-17-25)47(44,45)36-22-8-7-13-33(34(41)42)37-35(43)46-23-32-30-11-5-3-9-28(30)29-10-4-6-12-31(29)32/h3-6,9-12,14-21,32-33,36H,7-8,13,22-23H2,1-2H3,(H,37,43)(H,41,42)/b39-38-/t33-/m0/s1. The fourth-order valence-corrected chi connectivity index (χ4v) is 6.50. The zero-order chi connectivity index (χ0) is 33.4. The predicted octanol–water partition coefficient (Wildman–Crippen LogP) is 6.61. The number of sulfonamides is 1. The molecule has 0 radical (unpaired) electrons. The van der Waals surface area contributed by atoms with Crippen LogP contribution >= 0.6 is 0 Å². The fraction of sp³-hybridized carbons (Fsp3) is 0.257. The second-order valence-electron chi connectivity index (χ2n) is 11.4. The maximum Gasteiger partial charge on any atom is 0.407 e. The van der Waals surface area contributed by atoms with Crippen molar-refractivity contribution in [2.24, 2.45) is 10.2 Å². The first kappa shape index (κ1) is 33.3. The number of anilines is 1. The van der Waals surface area contributed by atoms with Gasteiger partial charge in [-0.2, -0.15) is 10.2 Å². The molecule has 0 spiro atoms. The minimum Gasteiger partial charge on any atom is -0.480 e. The van der Waals surface area contributed by atoms with Gasteiger partial charge in [-0.15, -0.1) is 0 Å². The van der Waals surface area contributed by atoms with Crippen LogP contribution in [0.3, 0.4) is 0 Å². The number of fused-ring (bicyclic) bond motifs is 3. The maximum atomic E-state index is 12.8. The largest absolute Gasteiger partial charge is 0.480 e. The zero-order valence-corrected chi connectivity index (χ0v) is 27.0. The van der Waals surface area contributed by atoms with Gasteiger partial charge < -0.3 is 20.1 Å². The van der Waals surface area contributed by atoms with Crippen LogP contribution in [-0.2, 0) is 19.6 Å². The van der Waals surface area contributed by atoms with Crippen LogP contribution in [0, 0.1) is 0 Å². The van der Waals surface area contributed by atoms with E-state index in [0.29, 0.717) is 24.2 Å². The lowest BCUT2D eigenvalue weighted by Gasteiger charge is -2.17. The third-order valence-electron chi connectivity index (χ3n) is 7.94. The van der Waals surface area contributed by atoms with Crippen molar-refractivity contribution in [3.8, 4) is 11.1 Å². The Labute approximate surface area is 274 Å². The van der Waals surface area contributed by atoms with Gasteiger partial charge in [-0.25, -0.2) is 22.7 Å². The van der Waals surface area contributed by atoms with Crippen molar-refractivity contribution >= 4 is 39.1 Å². The molecule has 12 heteroatoms. The summed E-state index contributed by atoms with van der Waals surface area (Å²) in [5, 5.41) is 20.5. The SMILES string of the molecule is CN(C)c1ccc(/N=N\c2ccc(S(=O)(=O)NCCCC[C@H](NC(=O)OCC3c4ccccc4-c4ccccc43)C(=O)O)cc2)cc1. The van der Waals surface area contributed by atoms with E-state index in [1.165, 1.54) is 12.1 Å². The number of aliphatic carboxylic acids is 1. The molecule has 1 aliphatic carbocycles. The number of ether oxygens (including phenoxy) is 1. The van der Waals surface area contributed by atoms with Gasteiger partial charge in [-0.3, -0.25) is 0 Å². The minimum atomic E-state index is -3.78. The molecule has 47 heavy (non-hydrogen) atoms. The summed E-state index contributed by atoms with van der Waals surface area (Å²) in [7, 11) is 0.115. The first-order valence-electron chi connectivity index (χ1n) is 15.3. The Hall–Kier alpha value is -5.07. The highest BCUT2D eigenvalue weighted by molar-refractivity contribution is 7.89. The molecule has 1 amide bonds. The molecular formula is C35H37N5O6S. The zero-order valence-electron chi connectivity index (χ0n) is 26.2. The van der Waals surface area contributed by atoms with E-state index in [1.807, 2.05) is 91.8 Å². The first-order chi connectivity index (χ1) is 22.6. The molecule has 11 nitrogen and oxygen atoms in total. The molecule has 0 aliphatic heterocycles. The Balaban J connectivity index is 1.05. The number of carbonyl (C=O) groups is 2. The third kappa shape index (κ3) is 8.40. The van der Waals surface area contributed by atoms with Gasteiger partial charge in [-0.05, 0) is 90.0 Å².